The molecule has 0 aromatic heterocycles. The summed E-state index contributed by atoms with van der Waals surface area (Å²) in [5.41, 5.74) is 2.01. The summed E-state index contributed by atoms with van der Waals surface area (Å²) < 4.78 is 11.6. The maximum atomic E-state index is 8.81. The molecule has 0 spiro atoms. The number of aryl methyl sites for hydroxylation is 1. The van der Waals surface area contributed by atoms with Gasteiger partial charge in [-0.1, -0.05) is 17.9 Å². The van der Waals surface area contributed by atoms with E-state index in [1.54, 1.807) is 0 Å². The van der Waals surface area contributed by atoms with Gasteiger partial charge in [0.25, 0.3) is 0 Å². The minimum absolute atomic E-state index is 0.0806. The third-order valence-corrected chi connectivity index (χ3v) is 3.36. The Balaban J connectivity index is 2.00. The SMILES string of the molecule is Cc1ccc(OCC2CN(C)CCO2)c(C#CCCO)c1. The van der Waals surface area contributed by atoms with Crippen LogP contribution in [0.1, 0.15) is 17.5 Å². The van der Waals surface area contributed by atoms with Crippen LogP contribution in [-0.4, -0.2) is 56.1 Å². The summed E-state index contributed by atoms with van der Waals surface area (Å²) in [6.07, 6.45) is 0.576. The molecule has 1 unspecified atom stereocenters. The first kappa shape index (κ1) is 15.8. The molecule has 2 rings (SSSR count). The van der Waals surface area contributed by atoms with E-state index in [1.807, 2.05) is 25.1 Å². The van der Waals surface area contributed by atoms with Crippen LogP contribution in [0.4, 0.5) is 0 Å². The Morgan fingerprint density at radius 3 is 3.10 bits per heavy atom. The Morgan fingerprint density at radius 2 is 2.33 bits per heavy atom. The maximum Gasteiger partial charge on any atom is 0.135 e. The van der Waals surface area contributed by atoms with Gasteiger partial charge >= 0.3 is 0 Å². The van der Waals surface area contributed by atoms with Gasteiger partial charge in [-0.15, -0.1) is 0 Å². The first-order chi connectivity index (χ1) is 10.2. The fraction of sp³-hybridized carbons (Fsp3) is 0.529. The molecule has 0 bridgehead atoms. The zero-order valence-electron chi connectivity index (χ0n) is 12.8. The van der Waals surface area contributed by atoms with Gasteiger partial charge in [-0.25, -0.2) is 0 Å². The highest BCUT2D eigenvalue weighted by Gasteiger charge is 2.18. The number of rotatable bonds is 4. The van der Waals surface area contributed by atoms with E-state index in [4.69, 9.17) is 14.6 Å². The van der Waals surface area contributed by atoms with Gasteiger partial charge in [-0.2, -0.15) is 0 Å². The molecular formula is C17H23NO3. The molecule has 114 valence electrons. The van der Waals surface area contributed by atoms with Gasteiger partial charge in [0.1, 0.15) is 18.5 Å². The lowest BCUT2D eigenvalue weighted by Crippen LogP contribution is -2.42. The molecule has 1 aliphatic heterocycles. The van der Waals surface area contributed by atoms with E-state index in [1.165, 1.54) is 0 Å². The predicted molar refractivity (Wildman–Crippen MR) is 82.5 cm³/mol. The van der Waals surface area contributed by atoms with Crippen molar-refractivity contribution in [2.24, 2.45) is 0 Å². The second kappa shape index (κ2) is 8.04. The molecule has 1 saturated heterocycles. The Labute approximate surface area is 126 Å². The molecule has 4 heteroatoms. The summed E-state index contributed by atoms with van der Waals surface area (Å²) in [7, 11) is 2.09. The lowest BCUT2D eigenvalue weighted by atomic mass is 10.1. The average molecular weight is 289 g/mol. The molecule has 0 amide bonds. The van der Waals surface area contributed by atoms with Crippen LogP contribution in [-0.2, 0) is 4.74 Å². The Bertz CT molecular complexity index is 519. The fourth-order valence-electron chi connectivity index (χ4n) is 2.23. The van der Waals surface area contributed by atoms with Crippen molar-refractivity contribution >= 4 is 0 Å². The number of hydrogen-bond acceptors (Lipinski definition) is 4. The van der Waals surface area contributed by atoms with Crippen LogP contribution in [0.25, 0.3) is 0 Å². The molecule has 1 N–H and O–H groups in total. The Hall–Kier alpha value is -1.54. The molecule has 1 fully saturated rings. The van der Waals surface area contributed by atoms with E-state index < -0.39 is 0 Å². The number of morpholine rings is 1. The van der Waals surface area contributed by atoms with Crippen LogP contribution in [0.15, 0.2) is 18.2 Å². The van der Waals surface area contributed by atoms with Crippen molar-refractivity contribution in [1.82, 2.24) is 4.90 Å². The summed E-state index contributed by atoms with van der Waals surface area (Å²) in [5, 5.41) is 8.81. The van der Waals surface area contributed by atoms with Gasteiger partial charge in [0.15, 0.2) is 0 Å². The molecule has 1 aromatic rings. The highest BCUT2D eigenvalue weighted by atomic mass is 16.5. The van der Waals surface area contributed by atoms with E-state index in [9.17, 15) is 0 Å². The van der Waals surface area contributed by atoms with Crippen LogP contribution in [0.2, 0.25) is 0 Å². The highest BCUT2D eigenvalue weighted by Crippen LogP contribution is 2.20. The number of nitrogens with zero attached hydrogens (tertiary/aromatic N) is 1. The molecule has 1 heterocycles. The number of benzene rings is 1. The second-order valence-corrected chi connectivity index (χ2v) is 5.34. The van der Waals surface area contributed by atoms with Crippen LogP contribution in [0.3, 0.4) is 0 Å². The molecule has 1 atom stereocenters. The molecule has 4 nitrogen and oxygen atoms in total. The van der Waals surface area contributed by atoms with Gasteiger partial charge in [0.2, 0.25) is 0 Å². The normalized spacial score (nSPS) is 18.9. The lowest BCUT2D eigenvalue weighted by Gasteiger charge is -2.29. The first-order valence-corrected chi connectivity index (χ1v) is 7.32. The van der Waals surface area contributed by atoms with E-state index in [-0.39, 0.29) is 12.7 Å². The maximum absolute atomic E-state index is 8.81. The molecule has 0 aliphatic carbocycles. The number of ether oxygens (including phenoxy) is 2. The van der Waals surface area contributed by atoms with E-state index in [0.717, 1.165) is 36.6 Å². The average Bonchev–Trinajstić information content (AvgIpc) is 2.47. The second-order valence-electron chi connectivity index (χ2n) is 5.34. The number of hydrogen-bond donors (Lipinski definition) is 1. The topological polar surface area (TPSA) is 41.9 Å². The minimum atomic E-state index is 0.0806. The van der Waals surface area contributed by atoms with Gasteiger partial charge < -0.3 is 19.5 Å². The quantitative estimate of drug-likeness (QED) is 0.852. The molecular weight excluding hydrogens is 266 g/mol. The van der Waals surface area contributed by atoms with Crippen molar-refractivity contribution < 1.29 is 14.6 Å². The van der Waals surface area contributed by atoms with Gasteiger partial charge in [0.05, 0.1) is 18.8 Å². The van der Waals surface area contributed by atoms with Crippen molar-refractivity contribution in [2.75, 3.05) is 40.0 Å². The molecule has 1 aliphatic rings. The molecule has 0 saturated carbocycles. The van der Waals surface area contributed by atoms with Gasteiger partial charge in [-0.05, 0) is 31.7 Å². The van der Waals surface area contributed by atoms with E-state index >= 15 is 0 Å². The van der Waals surface area contributed by atoms with Crippen molar-refractivity contribution in [3.05, 3.63) is 29.3 Å². The summed E-state index contributed by atoms with van der Waals surface area (Å²) in [5.74, 6) is 6.79. The largest absolute Gasteiger partial charge is 0.490 e. The molecule has 1 aromatic carbocycles. The molecule has 0 radical (unpaired) electrons. The molecule has 21 heavy (non-hydrogen) atoms. The van der Waals surface area contributed by atoms with Crippen molar-refractivity contribution in [3.8, 4) is 17.6 Å². The Morgan fingerprint density at radius 1 is 1.48 bits per heavy atom. The minimum Gasteiger partial charge on any atom is -0.490 e. The third-order valence-electron chi connectivity index (χ3n) is 3.36. The van der Waals surface area contributed by atoms with Crippen molar-refractivity contribution in [2.45, 2.75) is 19.4 Å². The van der Waals surface area contributed by atoms with Gasteiger partial charge in [0, 0.05) is 19.5 Å². The summed E-state index contributed by atoms with van der Waals surface area (Å²) >= 11 is 0. The number of likely N-dealkylation sites (N-methyl/N-ethyl adjacent to an activating group) is 1. The number of aliphatic hydroxyl groups is 1. The summed E-state index contributed by atoms with van der Waals surface area (Å²) in [6.45, 7) is 5.25. The van der Waals surface area contributed by atoms with Crippen molar-refractivity contribution in [1.29, 1.82) is 0 Å². The first-order valence-electron chi connectivity index (χ1n) is 7.32. The fourth-order valence-corrected chi connectivity index (χ4v) is 2.23. The zero-order chi connectivity index (χ0) is 15.1. The smallest absolute Gasteiger partial charge is 0.135 e. The summed E-state index contributed by atoms with van der Waals surface area (Å²) in [4.78, 5) is 2.24. The van der Waals surface area contributed by atoms with Crippen LogP contribution in [0, 0.1) is 18.8 Å². The Kier molecular flexibility index (Phi) is 6.06. The van der Waals surface area contributed by atoms with Crippen LogP contribution in [0.5, 0.6) is 5.75 Å². The lowest BCUT2D eigenvalue weighted by molar-refractivity contribution is -0.0403. The van der Waals surface area contributed by atoms with Crippen LogP contribution < -0.4 is 4.74 Å². The predicted octanol–water partition coefficient (Wildman–Crippen LogP) is 1.44. The number of aliphatic hydroxyl groups excluding tert-OH is 1. The van der Waals surface area contributed by atoms with Crippen molar-refractivity contribution in [3.63, 3.8) is 0 Å². The van der Waals surface area contributed by atoms with Crippen LogP contribution >= 0.6 is 0 Å². The zero-order valence-corrected chi connectivity index (χ0v) is 12.8. The summed E-state index contributed by atoms with van der Waals surface area (Å²) in [6, 6.07) is 5.97. The standard InChI is InChI=1S/C17H23NO3/c1-14-6-7-17(15(11-14)5-3-4-9-19)21-13-16-12-18(2)8-10-20-16/h6-7,11,16,19H,4,8-10,12-13H2,1-2H3. The third kappa shape index (κ3) is 5.05. The monoisotopic (exact) mass is 289 g/mol. The highest BCUT2D eigenvalue weighted by molar-refractivity contribution is 5.48. The van der Waals surface area contributed by atoms with Gasteiger partial charge in [-0.3, -0.25) is 0 Å². The van der Waals surface area contributed by atoms with E-state index in [2.05, 4.69) is 23.8 Å². The van der Waals surface area contributed by atoms with E-state index in [0.29, 0.717) is 13.0 Å².